The lowest BCUT2D eigenvalue weighted by molar-refractivity contribution is -0.139. The average Bonchev–Trinajstić information content (AvgIpc) is 3.45. The minimum absolute atomic E-state index is 0.000963. The molecule has 0 saturated carbocycles. The van der Waals surface area contributed by atoms with Crippen molar-refractivity contribution in [3.63, 3.8) is 0 Å². The number of nitrogens with one attached hydrogen (secondary N) is 3. The summed E-state index contributed by atoms with van der Waals surface area (Å²) < 4.78 is 31.7. The van der Waals surface area contributed by atoms with Crippen LogP contribution in [0.25, 0.3) is 16.6 Å². The zero-order valence-electron chi connectivity index (χ0n) is 25.9. The van der Waals surface area contributed by atoms with Gasteiger partial charge < -0.3 is 15.7 Å². The van der Waals surface area contributed by atoms with Crippen molar-refractivity contribution in [1.29, 1.82) is 0 Å². The number of hydrogen-bond acceptors (Lipinski definition) is 7. The van der Waals surface area contributed by atoms with E-state index in [9.17, 15) is 23.1 Å². The van der Waals surface area contributed by atoms with Gasteiger partial charge in [-0.05, 0) is 80.8 Å². The summed E-state index contributed by atoms with van der Waals surface area (Å²) in [5.74, 6) is -1.58. The summed E-state index contributed by atoms with van der Waals surface area (Å²) in [7, 11) is -4.33. The fraction of sp³-hybridized carbons (Fsp3) is 0.235. The number of para-hydroxylation sites is 1. The highest BCUT2D eigenvalue weighted by Crippen LogP contribution is 2.24. The topological polar surface area (TPSA) is 155 Å². The van der Waals surface area contributed by atoms with Gasteiger partial charge in [-0.15, -0.1) is 0 Å². The molecule has 46 heavy (non-hydrogen) atoms. The molecule has 4 N–H and O–H groups in total. The fourth-order valence-electron chi connectivity index (χ4n) is 5.78. The number of hydrogen-bond donors (Lipinski definition) is 4. The molecule has 0 radical (unpaired) electrons. The molecule has 3 unspecified atom stereocenters. The lowest BCUT2D eigenvalue weighted by Gasteiger charge is -2.33. The first-order valence-corrected chi connectivity index (χ1v) is 16.3. The van der Waals surface area contributed by atoms with Crippen LogP contribution in [0.4, 0.5) is 5.82 Å². The third-order valence-electron chi connectivity index (χ3n) is 7.78. The van der Waals surface area contributed by atoms with E-state index < -0.39 is 40.0 Å². The van der Waals surface area contributed by atoms with Crippen LogP contribution >= 0.6 is 0 Å². The normalized spacial score (nSPS) is 13.6. The van der Waals surface area contributed by atoms with E-state index in [0.717, 1.165) is 16.8 Å². The molecule has 0 saturated heterocycles. The third kappa shape index (κ3) is 6.93. The Bertz CT molecular complexity index is 1960. The van der Waals surface area contributed by atoms with Gasteiger partial charge in [0.05, 0.1) is 28.3 Å². The monoisotopic (exact) mass is 640 g/mol. The van der Waals surface area contributed by atoms with Crippen LogP contribution in [0.1, 0.15) is 40.4 Å². The van der Waals surface area contributed by atoms with Crippen LogP contribution in [-0.4, -0.2) is 58.3 Å². The van der Waals surface area contributed by atoms with E-state index >= 15 is 0 Å². The standard InChI is InChI=1S/C34H36N6O5S/c1-5-27(37-29-13-9-10-16-35-29)30(31(34(42)43)39-46(44,45)32-22(3)17-21(2)18-23(32)4)38-33(41)24-14-15-28-25(19-24)20-36-40(28)26-11-7-6-8-12-26/h6-20,27,30-31,39H,5H2,1-4H3,(H,35,37)(H,38,41)(H,42,43). The van der Waals surface area contributed by atoms with Gasteiger partial charge in [-0.1, -0.05) is 48.9 Å². The van der Waals surface area contributed by atoms with Gasteiger partial charge in [-0.2, -0.15) is 9.82 Å². The third-order valence-corrected chi connectivity index (χ3v) is 9.53. The number of carbonyl (C=O) groups is 2. The predicted molar refractivity (Wildman–Crippen MR) is 177 cm³/mol. The average molecular weight is 641 g/mol. The molecule has 0 aliphatic rings. The zero-order chi connectivity index (χ0) is 33.0. The number of carboxylic acid groups (broad SMARTS) is 1. The maximum absolute atomic E-state index is 13.8. The molecule has 5 aromatic rings. The van der Waals surface area contributed by atoms with Crippen LogP contribution in [-0.2, 0) is 14.8 Å². The molecular weight excluding hydrogens is 604 g/mol. The summed E-state index contributed by atoms with van der Waals surface area (Å²) in [6, 6.07) is 19.6. The van der Waals surface area contributed by atoms with Crippen molar-refractivity contribution in [2.75, 3.05) is 5.32 Å². The smallest absolute Gasteiger partial charge is 0.323 e. The predicted octanol–water partition coefficient (Wildman–Crippen LogP) is 4.77. The van der Waals surface area contributed by atoms with Crippen molar-refractivity contribution in [2.24, 2.45) is 0 Å². The van der Waals surface area contributed by atoms with Crippen LogP contribution in [0.15, 0.2) is 96.2 Å². The van der Waals surface area contributed by atoms with Crippen LogP contribution in [0, 0.1) is 20.8 Å². The first-order valence-electron chi connectivity index (χ1n) is 14.8. The summed E-state index contributed by atoms with van der Waals surface area (Å²) in [6.07, 6.45) is 3.56. The van der Waals surface area contributed by atoms with Crippen LogP contribution in [0.5, 0.6) is 0 Å². The summed E-state index contributed by atoms with van der Waals surface area (Å²) in [5, 5.41) is 21.6. The molecule has 11 nitrogen and oxygen atoms in total. The fourth-order valence-corrected chi connectivity index (χ4v) is 7.44. The van der Waals surface area contributed by atoms with Crippen molar-refractivity contribution in [3.05, 3.63) is 114 Å². The molecule has 0 aliphatic carbocycles. The maximum Gasteiger partial charge on any atom is 0.323 e. The van der Waals surface area contributed by atoms with Gasteiger partial charge >= 0.3 is 5.97 Å². The van der Waals surface area contributed by atoms with Crippen molar-refractivity contribution >= 4 is 38.6 Å². The number of carbonyl (C=O) groups excluding carboxylic acids is 1. The highest BCUT2D eigenvalue weighted by atomic mass is 32.2. The molecule has 3 atom stereocenters. The second-order valence-electron chi connectivity index (χ2n) is 11.2. The summed E-state index contributed by atoms with van der Waals surface area (Å²) in [6.45, 7) is 6.99. The van der Waals surface area contributed by atoms with Crippen molar-refractivity contribution in [3.8, 4) is 5.69 Å². The number of nitrogens with zero attached hydrogens (tertiary/aromatic N) is 3. The van der Waals surface area contributed by atoms with E-state index in [1.807, 2.05) is 44.2 Å². The molecule has 2 heterocycles. The number of rotatable bonds is 12. The van der Waals surface area contributed by atoms with Crippen molar-refractivity contribution < 1.29 is 23.1 Å². The zero-order valence-corrected chi connectivity index (χ0v) is 26.7. The molecule has 0 fully saturated rings. The largest absolute Gasteiger partial charge is 0.480 e. The Morgan fingerprint density at radius 1 is 0.935 bits per heavy atom. The number of amides is 1. The van der Waals surface area contributed by atoms with Crippen LogP contribution < -0.4 is 15.4 Å². The van der Waals surface area contributed by atoms with Crippen LogP contribution in [0.3, 0.4) is 0 Å². The number of aliphatic carboxylic acids is 1. The number of aryl methyl sites for hydroxylation is 3. The Hall–Kier alpha value is -5.07. The van der Waals surface area contributed by atoms with E-state index in [-0.39, 0.29) is 10.5 Å². The molecule has 238 valence electrons. The Morgan fingerprint density at radius 2 is 1.63 bits per heavy atom. The number of benzene rings is 3. The minimum Gasteiger partial charge on any atom is -0.480 e. The minimum atomic E-state index is -4.33. The Kier molecular flexibility index (Phi) is 9.49. The van der Waals surface area contributed by atoms with Gasteiger partial charge in [-0.25, -0.2) is 18.1 Å². The summed E-state index contributed by atoms with van der Waals surface area (Å²) in [5.41, 5.74) is 3.75. The van der Waals surface area contributed by atoms with E-state index in [1.54, 1.807) is 79.5 Å². The Labute approximate surface area is 267 Å². The first kappa shape index (κ1) is 32.3. The molecule has 12 heteroatoms. The highest BCUT2D eigenvalue weighted by Gasteiger charge is 2.39. The van der Waals surface area contributed by atoms with Gasteiger partial charge in [0.1, 0.15) is 11.9 Å². The molecule has 2 aromatic heterocycles. The summed E-state index contributed by atoms with van der Waals surface area (Å²) >= 11 is 0. The highest BCUT2D eigenvalue weighted by molar-refractivity contribution is 7.89. The van der Waals surface area contributed by atoms with E-state index in [1.165, 1.54) is 0 Å². The molecule has 3 aromatic carbocycles. The molecule has 5 rings (SSSR count). The quantitative estimate of drug-likeness (QED) is 0.152. The van der Waals surface area contributed by atoms with Crippen LogP contribution in [0.2, 0.25) is 0 Å². The second-order valence-corrected chi connectivity index (χ2v) is 12.9. The molecule has 0 aliphatic heterocycles. The number of fused-ring (bicyclic) bond motifs is 1. The molecule has 0 spiro atoms. The van der Waals surface area contributed by atoms with Crippen molar-refractivity contribution in [1.82, 2.24) is 24.8 Å². The van der Waals surface area contributed by atoms with Gasteiger partial charge in [0, 0.05) is 23.2 Å². The molecular formula is C34H36N6O5S. The lowest BCUT2D eigenvalue weighted by Crippen LogP contribution is -2.61. The van der Waals surface area contributed by atoms with Gasteiger partial charge in [0.15, 0.2) is 0 Å². The van der Waals surface area contributed by atoms with Gasteiger partial charge in [-0.3, -0.25) is 9.59 Å². The Morgan fingerprint density at radius 3 is 2.26 bits per heavy atom. The molecule has 1 amide bonds. The number of sulfonamides is 1. The van der Waals surface area contributed by atoms with Gasteiger partial charge in [0.25, 0.3) is 5.91 Å². The van der Waals surface area contributed by atoms with E-state index in [4.69, 9.17) is 0 Å². The number of carboxylic acids is 1. The second kappa shape index (κ2) is 13.5. The van der Waals surface area contributed by atoms with Gasteiger partial charge in [0.2, 0.25) is 10.0 Å². The number of aromatic nitrogens is 3. The Balaban J connectivity index is 1.51. The number of pyridine rings is 1. The van der Waals surface area contributed by atoms with E-state index in [2.05, 4.69) is 25.4 Å². The summed E-state index contributed by atoms with van der Waals surface area (Å²) in [4.78, 5) is 30.9. The van der Waals surface area contributed by atoms with Crippen molar-refractivity contribution in [2.45, 2.75) is 57.1 Å². The van der Waals surface area contributed by atoms with E-state index in [0.29, 0.717) is 28.8 Å². The SMILES string of the molecule is CCC(Nc1ccccn1)C(NC(=O)c1ccc2c(cnn2-c2ccccc2)c1)C(NS(=O)(=O)c1c(C)cc(C)cc1C)C(=O)O. The molecule has 0 bridgehead atoms. The number of anilines is 1. The maximum atomic E-state index is 13.8. The first-order chi connectivity index (χ1) is 22.0. The lowest BCUT2D eigenvalue weighted by atomic mass is 9.97.